The Morgan fingerprint density at radius 3 is 2.40 bits per heavy atom. The highest BCUT2D eigenvalue weighted by atomic mass is 32.2. The number of nitrogens with zero attached hydrogens (tertiary/aromatic N) is 4. The van der Waals surface area contributed by atoms with Crippen LogP contribution in [0.25, 0.3) is 11.2 Å². The number of hydrogen-bond donors (Lipinski definition) is 1. The normalized spacial score (nSPS) is 11.3. The van der Waals surface area contributed by atoms with Crippen molar-refractivity contribution in [1.29, 1.82) is 0 Å². The van der Waals surface area contributed by atoms with Gasteiger partial charge in [0, 0.05) is 20.1 Å². The first-order valence-electron chi connectivity index (χ1n) is 10.8. The second-order valence-electron chi connectivity index (χ2n) is 8.11. The predicted octanol–water partition coefficient (Wildman–Crippen LogP) is 2.49. The van der Waals surface area contributed by atoms with E-state index in [1.807, 2.05) is 13.8 Å². The molecule has 0 aromatic carbocycles. The molecule has 0 saturated carbocycles. The minimum atomic E-state index is -0.616. The van der Waals surface area contributed by atoms with Crippen molar-refractivity contribution in [2.24, 2.45) is 14.1 Å². The third kappa shape index (κ3) is 4.82. The highest BCUT2D eigenvalue weighted by molar-refractivity contribution is 7.99. The molecule has 3 rings (SSSR count). The Morgan fingerprint density at radius 1 is 1.17 bits per heavy atom. The molecule has 0 spiro atoms. The zero-order valence-electron chi connectivity index (χ0n) is 20.5. The van der Waals surface area contributed by atoms with Crippen LogP contribution in [0.4, 0.5) is 5.00 Å². The van der Waals surface area contributed by atoms with Crippen molar-refractivity contribution in [3.8, 4) is 0 Å². The molecule has 1 N–H and O–H groups in total. The Morgan fingerprint density at radius 2 is 1.83 bits per heavy atom. The van der Waals surface area contributed by atoms with Crippen molar-refractivity contribution in [3.63, 3.8) is 0 Å². The molecule has 0 bridgehead atoms. The molecule has 13 heteroatoms. The number of ketones is 1. The number of amides is 1. The lowest BCUT2D eigenvalue weighted by atomic mass is 10.1. The fourth-order valence-electron chi connectivity index (χ4n) is 3.65. The predicted molar refractivity (Wildman–Crippen MR) is 135 cm³/mol. The molecule has 1 amide bonds. The van der Waals surface area contributed by atoms with Gasteiger partial charge in [0.1, 0.15) is 5.00 Å². The van der Waals surface area contributed by atoms with Gasteiger partial charge in [-0.25, -0.2) is 14.6 Å². The van der Waals surface area contributed by atoms with E-state index in [1.54, 1.807) is 18.4 Å². The summed E-state index contributed by atoms with van der Waals surface area (Å²) in [5, 5.41) is 3.35. The number of Topliss-reactive ketones (excluding diaryl/α,β-unsaturated/α-hetero) is 1. The van der Waals surface area contributed by atoms with Gasteiger partial charge in [0.25, 0.3) is 5.56 Å². The molecular weight excluding hydrogens is 494 g/mol. The van der Waals surface area contributed by atoms with Gasteiger partial charge in [-0.2, -0.15) is 0 Å². The van der Waals surface area contributed by atoms with E-state index in [0.717, 1.165) is 27.7 Å². The molecule has 3 aromatic rings. The number of rotatable bonds is 8. The summed E-state index contributed by atoms with van der Waals surface area (Å²) >= 11 is 2.12. The first-order valence-corrected chi connectivity index (χ1v) is 12.6. The first kappa shape index (κ1) is 26.4. The second-order valence-corrected chi connectivity index (χ2v) is 10.1. The van der Waals surface area contributed by atoms with Crippen LogP contribution in [0.5, 0.6) is 0 Å². The maximum absolute atomic E-state index is 12.8. The summed E-state index contributed by atoms with van der Waals surface area (Å²) in [6.07, 6.45) is 0. The van der Waals surface area contributed by atoms with Crippen LogP contribution in [0.1, 0.15) is 59.3 Å². The van der Waals surface area contributed by atoms with Gasteiger partial charge in [0.2, 0.25) is 5.91 Å². The molecule has 0 aliphatic rings. The van der Waals surface area contributed by atoms with Gasteiger partial charge in [-0.05, 0) is 40.2 Å². The van der Waals surface area contributed by atoms with Crippen molar-refractivity contribution in [3.05, 3.63) is 36.8 Å². The maximum Gasteiger partial charge on any atom is 0.341 e. The molecular formula is C22H27N5O6S2. The Kier molecular flexibility index (Phi) is 7.70. The van der Waals surface area contributed by atoms with Gasteiger partial charge in [0.15, 0.2) is 22.1 Å². The zero-order valence-corrected chi connectivity index (χ0v) is 22.2. The molecule has 0 atom stereocenters. The Labute approximate surface area is 209 Å². The Bertz CT molecular complexity index is 1460. The molecule has 0 unspecified atom stereocenters. The van der Waals surface area contributed by atoms with E-state index in [2.05, 4.69) is 10.3 Å². The van der Waals surface area contributed by atoms with Gasteiger partial charge >= 0.3 is 11.7 Å². The van der Waals surface area contributed by atoms with E-state index in [-0.39, 0.29) is 45.9 Å². The molecule has 3 aromatic heterocycles. The number of thioether (sulfide) groups is 1. The molecule has 0 radical (unpaired) electrons. The van der Waals surface area contributed by atoms with Gasteiger partial charge < -0.3 is 14.6 Å². The van der Waals surface area contributed by atoms with Crippen molar-refractivity contribution in [2.45, 2.75) is 45.8 Å². The third-order valence-electron chi connectivity index (χ3n) is 5.31. The van der Waals surface area contributed by atoms with E-state index < -0.39 is 23.1 Å². The monoisotopic (exact) mass is 521 g/mol. The molecule has 0 fully saturated rings. The fourth-order valence-corrected chi connectivity index (χ4v) is 5.69. The summed E-state index contributed by atoms with van der Waals surface area (Å²) in [6, 6.07) is -0.163. The molecule has 35 heavy (non-hydrogen) atoms. The number of carbonyl (C=O) groups is 3. The Balaban J connectivity index is 1.93. The standard InChI is InChI=1S/C22H27N5O6S2/c1-8-33-20(31)14-11(4)16(12(5)28)35-18(14)23-13(29)9-34-21-24-17-15(27(21)10(2)3)19(30)26(7)22(32)25(17)6/h10H,8-9H2,1-7H3,(H,23,29). The summed E-state index contributed by atoms with van der Waals surface area (Å²) in [5.41, 5.74) is 0.170. The minimum absolute atomic E-state index is 0.0844. The number of anilines is 1. The summed E-state index contributed by atoms with van der Waals surface area (Å²) < 4.78 is 9.11. The number of aromatic nitrogens is 4. The van der Waals surface area contributed by atoms with Crippen LogP contribution in [0.15, 0.2) is 14.7 Å². The van der Waals surface area contributed by atoms with E-state index in [4.69, 9.17) is 4.74 Å². The van der Waals surface area contributed by atoms with Crippen molar-refractivity contribution in [1.82, 2.24) is 18.7 Å². The van der Waals surface area contributed by atoms with Crippen molar-refractivity contribution in [2.75, 3.05) is 17.7 Å². The SMILES string of the molecule is CCOC(=O)c1c(NC(=O)CSc2nc3c(c(=O)n(C)c(=O)n3C)n2C(C)C)sc(C(C)=O)c1C. The topological polar surface area (TPSA) is 134 Å². The summed E-state index contributed by atoms with van der Waals surface area (Å²) in [6.45, 7) is 8.60. The van der Waals surface area contributed by atoms with Crippen LogP contribution in [0, 0.1) is 6.92 Å². The number of ether oxygens (including phenoxy) is 1. The Hall–Kier alpha value is -3.19. The molecule has 188 valence electrons. The number of fused-ring (bicyclic) bond motifs is 1. The number of aryl methyl sites for hydroxylation is 1. The van der Waals surface area contributed by atoms with Gasteiger partial charge in [-0.15, -0.1) is 11.3 Å². The van der Waals surface area contributed by atoms with E-state index in [9.17, 15) is 24.0 Å². The van der Waals surface area contributed by atoms with Crippen LogP contribution >= 0.6 is 23.1 Å². The lowest BCUT2D eigenvalue weighted by Gasteiger charge is -2.12. The number of imidazole rings is 1. The van der Waals surface area contributed by atoms with Crippen LogP contribution in [-0.4, -0.2) is 48.7 Å². The molecule has 0 aliphatic carbocycles. The van der Waals surface area contributed by atoms with Crippen LogP contribution in [-0.2, 0) is 23.6 Å². The highest BCUT2D eigenvalue weighted by Gasteiger charge is 2.26. The summed E-state index contributed by atoms with van der Waals surface area (Å²) in [5.74, 6) is -1.35. The van der Waals surface area contributed by atoms with Gasteiger partial charge in [-0.1, -0.05) is 11.8 Å². The van der Waals surface area contributed by atoms with Crippen LogP contribution in [0.2, 0.25) is 0 Å². The number of carbonyl (C=O) groups excluding carboxylic acids is 3. The quantitative estimate of drug-likeness (QED) is 0.271. The molecule has 0 saturated heterocycles. The average molecular weight is 522 g/mol. The zero-order chi connectivity index (χ0) is 26.2. The number of esters is 1. The fraction of sp³-hybridized carbons (Fsp3) is 0.455. The van der Waals surface area contributed by atoms with Crippen LogP contribution in [0.3, 0.4) is 0 Å². The number of thiophene rings is 1. The highest BCUT2D eigenvalue weighted by Crippen LogP contribution is 2.34. The number of hydrogen-bond acceptors (Lipinski definition) is 9. The van der Waals surface area contributed by atoms with Crippen LogP contribution < -0.4 is 16.6 Å². The summed E-state index contributed by atoms with van der Waals surface area (Å²) in [4.78, 5) is 67.2. The molecule has 3 heterocycles. The third-order valence-corrected chi connectivity index (χ3v) is 7.57. The first-order chi connectivity index (χ1) is 16.4. The lowest BCUT2D eigenvalue weighted by Crippen LogP contribution is -2.37. The molecule has 0 aliphatic heterocycles. The summed E-state index contributed by atoms with van der Waals surface area (Å²) in [7, 11) is 2.94. The van der Waals surface area contributed by atoms with E-state index in [1.165, 1.54) is 25.6 Å². The van der Waals surface area contributed by atoms with E-state index in [0.29, 0.717) is 15.6 Å². The van der Waals surface area contributed by atoms with E-state index >= 15 is 0 Å². The lowest BCUT2D eigenvalue weighted by molar-refractivity contribution is -0.113. The maximum atomic E-state index is 12.8. The largest absolute Gasteiger partial charge is 0.462 e. The van der Waals surface area contributed by atoms with Gasteiger partial charge in [0.05, 0.1) is 22.8 Å². The van der Waals surface area contributed by atoms with Crippen molar-refractivity contribution >= 4 is 56.9 Å². The number of nitrogens with one attached hydrogen (secondary N) is 1. The van der Waals surface area contributed by atoms with Gasteiger partial charge in [-0.3, -0.25) is 23.5 Å². The van der Waals surface area contributed by atoms with Crippen molar-refractivity contribution < 1.29 is 19.1 Å². The minimum Gasteiger partial charge on any atom is -0.462 e. The molecule has 11 nitrogen and oxygen atoms in total. The second kappa shape index (κ2) is 10.2. The smallest absolute Gasteiger partial charge is 0.341 e. The average Bonchev–Trinajstić information content (AvgIpc) is 3.33.